The van der Waals surface area contributed by atoms with Crippen LogP contribution >= 0.6 is 0 Å². The molecule has 8 heteroatoms. The first kappa shape index (κ1) is 15.3. The summed E-state index contributed by atoms with van der Waals surface area (Å²) in [5, 5.41) is 8.72. The van der Waals surface area contributed by atoms with Crippen molar-refractivity contribution in [3.8, 4) is 0 Å². The van der Waals surface area contributed by atoms with Crippen LogP contribution in [0.2, 0.25) is 0 Å². The summed E-state index contributed by atoms with van der Waals surface area (Å²) in [4.78, 5) is 26.9. The zero-order valence-corrected chi connectivity index (χ0v) is 12.8. The van der Waals surface area contributed by atoms with Crippen LogP contribution in [0.5, 0.6) is 0 Å². The lowest BCUT2D eigenvalue weighted by Gasteiger charge is -2.18. The van der Waals surface area contributed by atoms with E-state index < -0.39 is 6.04 Å². The summed E-state index contributed by atoms with van der Waals surface area (Å²) >= 11 is 0. The molecule has 0 aliphatic carbocycles. The lowest BCUT2D eigenvalue weighted by Crippen LogP contribution is -2.38. The van der Waals surface area contributed by atoms with Crippen LogP contribution in [0.4, 0.5) is 17.8 Å². The van der Waals surface area contributed by atoms with Crippen LogP contribution in [-0.2, 0) is 4.79 Å². The molecule has 0 saturated carbocycles. The minimum atomic E-state index is -0.400. The molecule has 0 radical (unpaired) electrons. The van der Waals surface area contributed by atoms with Gasteiger partial charge < -0.3 is 20.9 Å². The van der Waals surface area contributed by atoms with E-state index >= 15 is 0 Å². The highest BCUT2D eigenvalue weighted by atomic mass is 16.2. The molecule has 1 atom stereocenters. The van der Waals surface area contributed by atoms with Crippen LogP contribution in [0.15, 0.2) is 0 Å². The van der Waals surface area contributed by atoms with E-state index in [0.717, 1.165) is 25.9 Å². The molecule has 3 N–H and O–H groups in total. The highest BCUT2D eigenvalue weighted by molar-refractivity contribution is 5.83. The number of carbonyl (C=O) groups is 1. The van der Waals surface area contributed by atoms with E-state index in [1.165, 1.54) is 0 Å². The highest BCUT2D eigenvalue weighted by Gasteiger charge is 2.19. The Kier molecular flexibility index (Phi) is 5.13. The van der Waals surface area contributed by atoms with Crippen LogP contribution in [0.3, 0.4) is 0 Å². The molecule has 1 aliphatic rings. The summed E-state index contributed by atoms with van der Waals surface area (Å²) in [5.74, 6) is 1.48. The predicted molar refractivity (Wildman–Crippen MR) is 82.6 cm³/mol. The number of nitrogens with one attached hydrogen (secondary N) is 3. The predicted octanol–water partition coefficient (Wildman–Crippen LogP) is 0.450. The van der Waals surface area contributed by atoms with Crippen molar-refractivity contribution in [2.75, 3.05) is 42.2 Å². The number of aromatic nitrogens is 3. The van der Waals surface area contributed by atoms with E-state index in [4.69, 9.17) is 0 Å². The number of rotatable bonds is 6. The van der Waals surface area contributed by atoms with Gasteiger partial charge in [0.05, 0.1) is 0 Å². The first-order valence-corrected chi connectivity index (χ1v) is 7.37. The zero-order valence-electron chi connectivity index (χ0n) is 12.8. The van der Waals surface area contributed by atoms with E-state index in [9.17, 15) is 4.79 Å². The van der Waals surface area contributed by atoms with Gasteiger partial charge in [0, 0.05) is 26.7 Å². The van der Waals surface area contributed by atoms with E-state index in [-0.39, 0.29) is 5.91 Å². The van der Waals surface area contributed by atoms with Crippen molar-refractivity contribution in [2.45, 2.75) is 32.7 Å². The number of amides is 1. The Bertz CT molecular complexity index is 487. The number of nitrogens with zero attached hydrogens (tertiary/aromatic N) is 4. The van der Waals surface area contributed by atoms with Crippen molar-refractivity contribution in [3.05, 3.63) is 0 Å². The van der Waals surface area contributed by atoms with Crippen LogP contribution in [-0.4, -0.2) is 53.6 Å². The minimum Gasteiger partial charge on any atom is -0.357 e. The van der Waals surface area contributed by atoms with E-state index in [0.29, 0.717) is 24.4 Å². The Hall–Kier alpha value is -2.12. The highest BCUT2D eigenvalue weighted by Crippen LogP contribution is 2.18. The molecule has 21 heavy (non-hydrogen) atoms. The fourth-order valence-corrected chi connectivity index (χ4v) is 2.19. The summed E-state index contributed by atoms with van der Waals surface area (Å²) in [6.07, 6.45) is 2.30. The summed E-state index contributed by atoms with van der Waals surface area (Å²) in [6, 6.07) is -0.400. The van der Waals surface area contributed by atoms with Gasteiger partial charge in [-0.25, -0.2) is 0 Å². The van der Waals surface area contributed by atoms with Gasteiger partial charge in [0.25, 0.3) is 0 Å². The molecule has 1 aromatic heterocycles. The first-order chi connectivity index (χ1) is 10.1. The van der Waals surface area contributed by atoms with Gasteiger partial charge in [0.1, 0.15) is 6.04 Å². The second-order valence-electron chi connectivity index (χ2n) is 4.99. The van der Waals surface area contributed by atoms with Gasteiger partial charge in [-0.05, 0) is 26.7 Å². The molecule has 2 rings (SSSR count). The lowest BCUT2D eigenvalue weighted by atomic mass is 10.3. The summed E-state index contributed by atoms with van der Waals surface area (Å²) < 4.78 is 0. The molecule has 116 valence electrons. The molecule has 2 heterocycles. The molecular formula is C13H23N7O. The number of likely N-dealkylation sites (N-methyl/N-ethyl adjacent to an activating group) is 1. The van der Waals surface area contributed by atoms with E-state index in [1.54, 1.807) is 14.0 Å². The Labute approximate surface area is 124 Å². The van der Waals surface area contributed by atoms with Crippen molar-refractivity contribution >= 4 is 23.8 Å². The van der Waals surface area contributed by atoms with Gasteiger partial charge in [-0.2, -0.15) is 15.0 Å². The molecular weight excluding hydrogens is 270 g/mol. The van der Waals surface area contributed by atoms with Gasteiger partial charge >= 0.3 is 0 Å². The van der Waals surface area contributed by atoms with Gasteiger partial charge in [-0.3, -0.25) is 4.79 Å². The smallest absolute Gasteiger partial charge is 0.242 e. The molecule has 1 fully saturated rings. The standard InChI is InChI=1S/C13H23N7O/c1-4-15-10(21)9(2)16-12-17-11(14-3)18-13(19-12)20-7-5-6-8-20/h9H,4-8H2,1-3H3,(H,15,21)(H2,14,16,17,18,19). The van der Waals surface area contributed by atoms with Crippen molar-refractivity contribution in [1.29, 1.82) is 0 Å². The van der Waals surface area contributed by atoms with Crippen molar-refractivity contribution in [2.24, 2.45) is 0 Å². The fourth-order valence-electron chi connectivity index (χ4n) is 2.19. The normalized spacial score (nSPS) is 15.7. The molecule has 0 aromatic carbocycles. The van der Waals surface area contributed by atoms with Crippen molar-refractivity contribution in [1.82, 2.24) is 20.3 Å². The monoisotopic (exact) mass is 293 g/mol. The third kappa shape index (κ3) is 3.93. The lowest BCUT2D eigenvalue weighted by molar-refractivity contribution is -0.121. The molecule has 8 nitrogen and oxygen atoms in total. The number of carbonyl (C=O) groups excluding carboxylic acids is 1. The van der Waals surface area contributed by atoms with E-state index in [2.05, 4.69) is 35.8 Å². The number of anilines is 3. The topological polar surface area (TPSA) is 95.1 Å². The van der Waals surface area contributed by atoms with Gasteiger partial charge in [-0.15, -0.1) is 0 Å². The fraction of sp³-hybridized carbons (Fsp3) is 0.692. The van der Waals surface area contributed by atoms with Crippen LogP contribution < -0.4 is 20.9 Å². The Morgan fingerprint density at radius 2 is 1.90 bits per heavy atom. The van der Waals surface area contributed by atoms with Crippen molar-refractivity contribution in [3.63, 3.8) is 0 Å². The Balaban J connectivity index is 2.14. The summed E-state index contributed by atoms with van der Waals surface area (Å²) in [6.45, 7) is 6.18. The maximum Gasteiger partial charge on any atom is 0.242 e. The van der Waals surface area contributed by atoms with Crippen LogP contribution in [0, 0.1) is 0 Å². The molecule has 1 aliphatic heterocycles. The Morgan fingerprint density at radius 3 is 2.52 bits per heavy atom. The molecule has 1 aromatic rings. The third-order valence-corrected chi connectivity index (χ3v) is 3.33. The first-order valence-electron chi connectivity index (χ1n) is 7.37. The van der Waals surface area contributed by atoms with E-state index in [1.807, 2.05) is 6.92 Å². The summed E-state index contributed by atoms with van der Waals surface area (Å²) in [7, 11) is 1.76. The molecule has 0 spiro atoms. The number of hydrogen-bond acceptors (Lipinski definition) is 7. The SMILES string of the molecule is CCNC(=O)C(C)Nc1nc(NC)nc(N2CCCC2)n1. The van der Waals surface area contributed by atoms with Gasteiger partial charge in [0.15, 0.2) is 0 Å². The third-order valence-electron chi connectivity index (χ3n) is 3.33. The van der Waals surface area contributed by atoms with Crippen molar-refractivity contribution < 1.29 is 4.79 Å². The summed E-state index contributed by atoms with van der Waals surface area (Å²) in [5.41, 5.74) is 0. The minimum absolute atomic E-state index is 0.0772. The molecule has 1 unspecified atom stereocenters. The second kappa shape index (κ2) is 7.05. The van der Waals surface area contributed by atoms with Crippen LogP contribution in [0.25, 0.3) is 0 Å². The van der Waals surface area contributed by atoms with Crippen LogP contribution in [0.1, 0.15) is 26.7 Å². The Morgan fingerprint density at radius 1 is 1.24 bits per heavy atom. The zero-order chi connectivity index (χ0) is 15.2. The largest absolute Gasteiger partial charge is 0.357 e. The maximum atomic E-state index is 11.8. The average molecular weight is 293 g/mol. The second-order valence-corrected chi connectivity index (χ2v) is 4.99. The van der Waals surface area contributed by atoms with Gasteiger partial charge in [0.2, 0.25) is 23.8 Å². The quantitative estimate of drug-likeness (QED) is 0.701. The average Bonchev–Trinajstić information content (AvgIpc) is 3.01. The molecule has 1 amide bonds. The number of hydrogen-bond donors (Lipinski definition) is 3. The maximum absolute atomic E-state index is 11.8. The van der Waals surface area contributed by atoms with Gasteiger partial charge in [-0.1, -0.05) is 0 Å². The molecule has 1 saturated heterocycles. The molecule has 0 bridgehead atoms.